The zero-order valence-electron chi connectivity index (χ0n) is 21.6. The molecule has 0 radical (unpaired) electrons. The molecule has 2 N–H and O–H groups in total. The number of hydrogen-bond donors (Lipinski definition) is 2. The first-order valence-electron chi connectivity index (χ1n) is 13.5. The molecule has 1 aromatic heterocycles. The van der Waals surface area contributed by atoms with E-state index in [1.165, 1.54) is 0 Å². The third kappa shape index (κ3) is 5.45. The van der Waals surface area contributed by atoms with Crippen molar-refractivity contribution in [3.63, 3.8) is 0 Å². The maximum atomic E-state index is 13.3. The molecule has 2 aliphatic rings. The summed E-state index contributed by atoms with van der Waals surface area (Å²) in [6, 6.07) is 20.9. The number of benzene rings is 3. The normalized spacial score (nSPS) is 15.3. The van der Waals surface area contributed by atoms with Crippen molar-refractivity contribution in [1.29, 1.82) is 0 Å². The molecule has 6 rings (SSSR count). The summed E-state index contributed by atoms with van der Waals surface area (Å²) in [4.78, 5) is 37.7. The molecule has 39 heavy (non-hydrogen) atoms. The number of nitrogens with zero attached hydrogens (tertiary/aromatic N) is 3. The van der Waals surface area contributed by atoms with Crippen molar-refractivity contribution < 1.29 is 9.59 Å². The van der Waals surface area contributed by atoms with E-state index in [2.05, 4.69) is 15.5 Å². The fourth-order valence-corrected chi connectivity index (χ4v) is 5.46. The maximum absolute atomic E-state index is 13.3. The molecule has 2 amide bonds. The Morgan fingerprint density at radius 3 is 2.46 bits per heavy atom. The van der Waals surface area contributed by atoms with Crippen LogP contribution in [0.3, 0.4) is 0 Å². The summed E-state index contributed by atoms with van der Waals surface area (Å²) in [5.41, 5.74) is 3.51. The van der Waals surface area contributed by atoms with Crippen LogP contribution < -0.4 is 15.5 Å². The number of hydrogen-bond acceptors (Lipinski definition) is 5. The molecule has 2 heterocycles. The van der Waals surface area contributed by atoms with E-state index in [-0.39, 0.29) is 17.7 Å². The lowest BCUT2D eigenvalue weighted by Crippen LogP contribution is -2.37. The Labute approximate surface area is 232 Å². The van der Waals surface area contributed by atoms with Gasteiger partial charge < -0.3 is 15.5 Å². The summed E-state index contributed by atoms with van der Waals surface area (Å²) in [6.45, 7) is 2.30. The molecular formula is C31H30ClN5O2. The minimum absolute atomic E-state index is 0.0825. The number of carbonyl (C=O) groups is 2. The van der Waals surface area contributed by atoms with Gasteiger partial charge in [0.2, 0.25) is 5.91 Å². The van der Waals surface area contributed by atoms with Gasteiger partial charge in [-0.25, -0.2) is 9.97 Å². The average Bonchev–Trinajstić information content (AvgIpc) is 3.47. The predicted molar refractivity (Wildman–Crippen MR) is 155 cm³/mol. The Morgan fingerprint density at radius 1 is 0.923 bits per heavy atom. The number of amides is 2. The van der Waals surface area contributed by atoms with Gasteiger partial charge in [0.1, 0.15) is 5.82 Å². The second kappa shape index (κ2) is 11.0. The van der Waals surface area contributed by atoms with E-state index in [9.17, 15) is 9.59 Å². The molecule has 0 unspecified atom stereocenters. The quantitative estimate of drug-likeness (QED) is 0.291. The molecule has 198 valence electrons. The van der Waals surface area contributed by atoms with Crippen molar-refractivity contribution in [1.82, 2.24) is 15.3 Å². The largest absolute Gasteiger partial charge is 0.356 e. The Balaban J connectivity index is 1.24. The molecule has 8 heteroatoms. The van der Waals surface area contributed by atoms with Gasteiger partial charge in [-0.15, -0.1) is 0 Å². The number of aromatic nitrogens is 2. The third-order valence-electron chi connectivity index (χ3n) is 7.59. The Bertz CT molecular complexity index is 1530. The van der Waals surface area contributed by atoms with E-state index in [1.807, 2.05) is 54.6 Å². The van der Waals surface area contributed by atoms with Crippen LogP contribution in [0.1, 0.15) is 48.0 Å². The lowest BCUT2D eigenvalue weighted by Gasteiger charge is -2.33. The van der Waals surface area contributed by atoms with E-state index in [0.717, 1.165) is 73.0 Å². The zero-order valence-corrected chi connectivity index (χ0v) is 22.4. The van der Waals surface area contributed by atoms with E-state index in [1.54, 1.807) is 12.1 Å². The maximum Gasteiger partial charge on any atom is 0.257 e. The first kappa shape index (κ1) is 25.3. The van der Waals surface area contributed by atoms with Gasteiger partial charge in [-0.3, -0.25) is 9.59 Å². The average molecular weight is 540 g/mol. The van der Waals surface area contributed by atoms with Gasteiger partial charge in [0.25, 0.3) is 5.91 Å². The molecule has 3 aromatic carbocycles. The van der Waals surface area contributed by atoms with Crippen molar-refractivity contribution in [2.75, 3.05) is 23.3 Å². The lowest BCUT2D eigenvalue weighted by molar-refractivity contribution is -0.124. The summed E-state index contributed by atoms with van der Waals surface area (Å²) in [5, 5.41) is 7.29. The number of carbonyl (C=O) groups excluding carboxylic acids is 2. The van der Waals surface area contributed by atoms with Crippen molar-refractivity contribution in [3.8, 4) is 11.4 Å². The first-order valence-corrected chi connectivity index (χ1v) is 13.9. The molecule has 0 spiro atoms. The van der Waals surface area contributed by atoms with Gasteiger partial charge in [-0.1, -0.05) is 60.8 Å². The monoisotopic (exact) mass is 539 g/mol. The molecule has 4 aromatic rings. The van der Waals surface area contributed by atoms with Crippen LogP contribution in [0, 0.1) is 5.92 Å². The third-order valence-corrected chi connectivity index (χ3v) is 7.92. The zero-order chi connectivity index (χ0) is 26.8. The van der Waals surface area contributed by atoms with Crippen LogP contribution in [0.4, 0.5) is 11.5 Å². The van der Waals surface area contributed by atoms with Crippen molar-refractivity contribution in [2.24, 2.45) is 5.92 Å². The number of rotatable bonds is 7. The highest BCUT2D eigenvalue weighted by Crippen LogP contribution is 2.32. The van der Waals surface area contributed by atoms with Crippen LogP contribution in [0.2, 0.25) is 5.02 Å². The molecule has 1 saturated heterocycles. The van der Waals surface area contributed by atoms with Crippen LogP contribution in [-0.2, 0) is 11.3 Å². The van der Waals surface area contributed by atoms with Crippen LogP contribution in [0.25, 0.3) is 22.3 Å². The van der Waals surface area contributed by atoms with Crippen molar-refractivity contribution >= 4 is 45.8 Å². The Morgan fingerprint density at radius 2 is 1.72 bits per heavy atom. The van der Waals surface area contributed by atoms with Gasteiger partial charge in [0.15, 0.2) is 5.82 Å². The molecular weight excluding hydrogens is 510 g/mol. The number of halogens is 1. The summed E-state index contributed by atoms with van der Waals surface area (Å²) >= 11 is 6.41. The summed E-state index contributed by atoms with van der Waals surface area (Å²) in [7, 11) is 0. The van der Waals surface area contributed by atoms with E-state index >= 15 is 0 Å². The van der Waals surface area contributed by atoms with E-state index in [0.29, 0.717) is 28.6 Å². The second-order valence-electron chi connectivity index (χ2n) is 10.3. The van der Waals surface area contributed by atoms with Gasteiger partial charge in [-0.05, 0) is 55.2 Å². The lowest BCUT2D eigenvalue weighted by atomic mass is 10.1. The second-order valence-corrected chi connectivity index (χ2v) is 10.7. The summed E-state index contributed by atoms with van der Waals surface area (Å²) in [5.74, 6) is 1.44. The fourth-order valence-electron chi connectivity index (χ4n) is 5.25. The minimum Gasteiger partial charge on any atom is -0.356 e. The topological polar surface area (TPSA) is 87.2 Å². The Hall–Kier alpha value is -3.97. The standard InChI is InChI=1S/C31H30ClN5O2/c32-26-14-11-20(19-33-30(38)22-9-4-5-10-22)17-25(26)31(39)34-23-12-13-24-27(18-23)35-28(21-7-2-1-3-8-21)36-29(24)37-15-6-16-37/h1-3,7-8,11-14,17-18,22H,4-6,9-10,15-16,19H2,(H,33,38)(H,34,39). The molecule has 1 saturated carbocycles. The number of fused-ring (bicyclic) bond motifs is 1. The molecule has 7 nitrogen and oxygen atoms in total. The van der Waals surface area contributed by atoms with Gasteiger partial charge >= 0.3 is 0 Å². The van der Waals surface area contributed by atoms with Gasteiger partial charge in [-0.2, -0.15) is 0 Å². The van der Waals surface area contributed by atoms with Gasteiger partial charge in [0.05, 0.1) is 16.1 Å². The summed E-state index contributed by atoms with van der Waals surface area (Å²) in [6.07, 6.45) is 5.26. The van der Waals surface area contributed by atoms with Gasteiger partial charge in [0, 0.05) is 42.2 Å². The number of nitrogens with one attached hydrogen (secondary N) is 2. The van der Waals surface area contributed by atoms with E-state index < -0.39 is 0 Å². The predicted octanol–water partition coefficient (Wildman–Crippen LogP) is 6.22. The molecule has 2 fully saturated rings. The molecule has 0 bridgehead atoms. The van der Waals surface area contributed by atoms with Crippen LogP contribution in [-0.4, -0.2) is 34.9 Å². The fraction of sp³-hybridized carbons (Fsp3) is 0.290. The highest BCUT2D eigenvalue weighted by Gasteiger charge is 2.23. The highest BCUT2D eigenvalue weighted by atomic mass is 35.5. The van der Waals surface area contributed by atoms with Crippen molar-refractivity contribution in [2.45, 2.75) is 38.6 Å². The van der Waals surface area contributed by atoms with Crippen LogP contribution in [0.15, 0.2) is 66.7 Å². The molecule has 1 aliphatic heterocycles. The molecule has 1 aliphatic carbocycles. The summed E-state index contributed by atoms with van der Waals surface area (Å²) < 4.78 is 0. The Kier molecular flexibility index (Phi) is 7.16. The minimum atomic E-state index is -0.316. The first-order chi connectivity index (χ1) is 19.0. The van der Waals surface area contributed by atoms with Crippen LogP contribution in [0.5, 0.6) is 0 Å². The SMILES string of the molecule is O=C(Nc1ccc2c(N3CCC3)nc(-c3ccccc3)nc2c1)c1cc(CNC(=O)C2CCCC2)ccc1Cl. The smallest absolute Gasteiger partial charge is 0.257 e. The van der Waals surface area contributed by atoms with Crippen molar-refractivity contribution in [3.05, 3.63) is 82.9 Å². The van der Waals surface area contributed by atoms with Crippen LogP contribution >= 0.6 is 11.6 Å². The highest BCUT2D eigenvalue weighted by molar-refractivity contribution is 6.34. The number of anilines is 2. The molecule has 0 atom stereocenters. The van der Waals surface area contributed by atoms with E-state index in [4.69, 9.17) is 21.6 Å².